The summed E-state index contributed by atoms with van der Waals surface area (Å²) in [5.41, 5.74) is 2.66. The standard InChI is InChI=1S/C23H22O6/c1-25-19-7-5-13(11-20(19)26-2)17-12-28-22-15(21(17)24)6-8-18-16(22)10-14-4-3-9-27-23(14)29-18/h5-8,11-12,14,23H,3-4,9-10H2,1-2H3. The van der Waals surface area contributed by atoms with Crippen LogP contribution < -0.4 is 19.6 Å². The highest BCUT2D eigenvalue weighted by Crippen LogP contribution is 2.39. The summed E-state index contributed by atoms with van der Waals surface area (Å²) in [5.74, 6) is 2.20. The fraction of sp³-hybridized carbons (Fsp3) is 0.348. The van der Waals surface area contributed by atoms with Crippen LogP contribution in [0.3, 0.4) is 0 Å². The Hall–Kier alpha value is -2.99. The van der Waals surface area contributed by atoms with E-state index in [1.54, 1.807) is 32.4 Å². The molecule has 2 aromatic carbocycles. The molecular weight excluding hydrogens is 372 g/mol. The van der Waals surface area contributed by atoms with Crippen molar-refractivity contribution in [2.75, 3.05) is 20.8 Å². The van der Waals surface area contributed by atoms with Crippen molar-refractivity contribution in [1.82, 2.24) is 0 Å². The molecule has 2 aliphatic rings. The molecule has 2 aliphatic heterocycles. The summed E-state index contributed by atoms with van der Waals surface area (Å²) in [6, 6.07) is 9.00. The molecule has 1 saturated heterocycles. The molecule has 0 bridgehead atoms. The average Bonchev–Trinajstić information content (AvgIpc) is 2.77. The Morgan fingerprint density at radius 2 is 1.93 bits per heavy atom. The summed E-state index contributed by atoms with van der Waals surface area (Å²) in [7, 11) is 3.15. The SMILES string of the molecule is COc1ccc(-c2coc3c4c(ccc3c2=O)OC2OCCCC2C4)cc1OC. The zero-order valence-corrected chi connectivity index (χ0v) is 16.4. The zero-order chi connectivity index (χ0) is 20.0. The number of hydrogen-bond donors (Lipinski definition) is 0. The van der Waals surface area contributed by atoms with Gasteiger partial charge in [0.05, 0.1) is 31.8 Å². The average molecular weight is 394 g/mol. The number of ether oxygens (including phenoxy) is 4. The van der Waals surface area contributed by atoms with Crippen LogP contribution in [0.4, 0.5) is 0 Å². The second kappa shape index (κ2) is 7.12. The van der Waals surface area contributed by atoms with Crippen LogP contribution >= 0.6 is 0 Å². The molecular formula is C23H22O6. The first-order valence-electron chi connectivity index (χ1n) is 9.77. The van der Waals surface area contributed by atoms with E-state index in [4.69, 9.17) is 23.4 Å². The van der Waals surface area contributed by atoms with Crippen LogP contribution in [0.5, 0.6) is 17.2 Å². The number of hydrogen-bond acceptors (Lipinski definition) is 6. The van der Waals surface area contributed by atoms with E-state index in [-0.39, 0.29) is 17.6 Å². The first-order valence-corrected chi connectivity index (χ1v) is 9.77. The summed E-state index contributed by atoms with van der Waals surface area (Å²) in [5, 5.41) is 0.551. The minimum atomic E-state index is -0.202. The molecule has 3 heterocycles. The van der Waals surface area contributed by atoms with Crippen molar-refractivity contribution >= 4 is 11.0 Å². The van der Waals surface area contributed by atoms with E-state index in [0.717, 1.165) is 37.2 Å². The van der Waals surface area contributed by atoms with Gasteiger partial charge in [0.15, 0.2) is 11.5 Å². The first kappa shape index (κ1) is 18.1. The molecule has 29 heavy (non-hydrogen) atoms. The van der Waals surface area contributed by atoms with Crippen molar-refractivity contribution in [3.8, 4) is 28.4 Å². The predicted octanol–water partition coefficient (Wildman–Crippen LogP) is 4.16. The van der Waals surface area contributed by atoms with E-state index in [2.05, 4.69) is 0 Å². The Morgan fingerprint density at radius 1 is 1.07 bits per heavy atom. The van der Waals surface area contributed by atoms with E-state index in [1.807, 2.05) is 12.1 Å². The van der Waals surface area contributed by atoms with Gasteiger partial charge < -0.3 is 23.4 Å². The maximum Gasteiger partial charge on any atom is 0.202 e. The van der Waals surface area contributed by atoms with Gasteiger partial charge in [-0.1, -0.05) is 6.07 Å². The number of fused-ring (bicyclic) bond motifs is 4. The summed E-state index contributed by atoms with van der Waals surface area (Å²) in [6.07, 6.45) is 4.18. The van der Waals surface area contributed by atoms with Gasteiger partial charge in [-0.25, -0.2) is 0 Å². The van der Waals surface area contributed by atoms with Crippen LogP contribution in [0.15, 0.2) is 45.8 Å². The van der Waals surface area contributed by atoms with Crippen molar-refractivity contribution in [2.24, 2.45) is 5.92 Å². The lowest BCUT2D eigenvalue weighted by molar-refractivity contribution is -0.148. The summed E-state index contributed by atoms with van der Waals surface area (Å²) in [4.78, 5) is 13.3. The van der Waals surface area contributed by atoms with E-state index < -0.39 is 0 Å². The van der Waals surface area contributed by atoms with E-state index in [1.165, 1.54) is 6.26 Å². The Balaban J connectivity index is 1.61. The second-order valence-corrected chi connectivity index (χ2v) is 7.43. The van der Waals surface area contributed by atoms with Crippen molar-refractivity contribution in [3.63, 3.8) is 0 Å². The smallest absolute Gasteiger partial charge is 0.202 e. The van der Waals surface area contributed by atoms with Gasteiger partial charge in [0.1, 0.15) is 17.6 Å². The molecule has 1 fully saturated rings. The number of rotatable bonds is 3. The van der Waals surface area contributed by atoms with Crippen LogP contribution in [0, 0.1) is 5.92 Å². The third-order valence-electron chi connectivity index (χ3n) is 5.79. The van der Waals surface area contributed by atoms with Crippen LogP contribution in [-0.2, 0) is 11.2 Å². The Bertz CT molecular complexity index is 1130. The van der Waals surface area contributed by atoms with Crippen molar-refractivity contribution in [3.05, 3.63) is 52.4 Å². The molecule has 0 N–H and O–H groups in total. The van der Waals surface area contributed by atoms with Gasteiger partial charge in [-0.15, -0.1) is 0 Å². The summed E-state index contributed by atoms with van der Waals surface area (Å²) >= 11 is 0. The fourth-order valence-electron chi connectivity index (χ4n) is 4.28. The quantitative estimate of drug-likeness (QED) is 0.664. The first-order chi connectivity index (χ1) is 14.2. The normalized spacial score (nSPS) is 20.5. The highest BCUT2D eigenvalue weighted by atomic mass is 16.7. The number of benzene rings is 2. The lowest BCUT2D eigenvalue weighted by atomic mass is 9.89. The van der Waals surface area contributed by atoms with Gasteiger partial charge >= 0.3 is 0 Å². The molecule has 5 rings (SSSR count). The molecule has 2 atom stereocenters. The molecule has 6 nitrogen and oxygen atoms in total. The highest BCUT2D eigenvalue weighted by Gasteiger charge is 2.34. The predicted molar refractivity (Wildman–Crippen MR) is 108 cm³/mol. The second-order valence-electron chi connectivity index (χ2n) is 7.43. The molecule has 3 aromatic rings. The monoisotopic (exact) mass is 394 g/mol. The summed E-state index contributed by atoms with van der Waals surface area (Å²) in [6.45, 7) is 0.730. The molecule has 1 aromatic heterocycles. The van der Waals surface area contributed by atoms with Gasteiger partial charge in [0.2, 0.25) is 11.7 Å². The lowest BCUT2D eigenvalue weighted by Crippen LogP contribution is -2.38. The molecule has 0 spiro atoms. The van der Waals surface area contributed by atoms with Crippen LogP contribution in [0.2, 0.25) is 0 Å². The molecule has 0 amide bonds. The van der Waals surface area contributed by atoms with Gasteiger partial charge in [0.25, 0.3) is 0 Å². The van der Waals surface area contributed by atoms with E-state index >= 15 is 0 Å². The summed E-state index contributed by atoms with van der Waals surface area (Å²) < 4.78 is 28.4. The fourth-order valence-corrected chi connectivity index (χ4v) is 4.28. The molecule has 0 saturated carbocycles. The van der Waals surface area contributed by atoms with Crippen molar-refractivity contribution < 1.29 is 23.4 Å². The van der Waals surface area contributed by atoms with E-state index in [9.17, 15) is 4.79 Å². The lowest BCUT2D eigenvalue weighted by Gasteiger charge is -2.36. The van der Waals surface area contributed by atoms with Crippen LogP contribution in [0.25, 0.3) is 22.1 Å². The van der Waals surface area contributed by atoms with Gasteiger partial charge in [-0.05, 0) is 49.1 Å². The minimum absolute atomic E-state index is 0.0803. The molecule has 150 valence electrons. The maximum absolute atomic E-state index is 13.3. The zero-order valence-electron chi connectivity index (χ0n) is 16.4. The molecule has 2 unspecified atom stereocenters. The van der Waals surface area contributed by atoms with E-state index in [0.29, 0.717) is 33.6 Å². The maximum atomic E-state index is 13.3. The van der Waals surface area contributed by atoms with Gasteiger partial charge in [0, 0.05) is 11.5 Å². The number of methoxy groups -OCH3 is 2. The highest BCUT2D eigenvalue weighted by molar-refractivity contribution is 5.86. The molecule has 6 heteroatoms. The van der Waals surface area contributed by atoms with Crippen LogP contribution in [0.1, 0.15) is 18.4 Å². The Kier molecular flexibility index (Phi) is 4.43. The van der Waals surface area contributed by atoms with Crippen LogP contribution in [-0.4, -0.2) is 27.1 Å². The molecule has 0 aliphatic carbocycles. The minimum Gasteiger partial charge on any atom is -0.493 e. The largest absolute Gasteiger partial charge is 0.493 e. The third kappa shape index (κ3) is 2.95. The van der Waals surface area contributed by atoms with Crippen molar-refractivity contribution in [2.45, 2.75) is 25.6 Å². The Morgan fingerprint density at radius 3 is 2.76 bits per heavy atom. The molecule has 0 radical (unpaired) electrons. The topological polar surface area (TPSA) is 67.1 Å². The third-order valence-corrected chi connectivity index (χ3v) is 5.79. The Labute approximate surface area is 167 Å². The van der Waals surface area contributed by atoms with Crippen molar-refractivity contribution in [1.29, 1.82) is 0 Å². The van der Waals surface area contributed by atoms with Gasteiger partial charge in [-0.3, -0.25) is 4.79 Å². The van der Waals surface area contributed by atoms with Gasteiger partial charge in [-0.2, -0.15) is 0 Å².